The number of nitrogens with zero attached hydrogens (tertiary/aromatic N) is 4. The lowest BCUT2D eigenvalue weighted by Gasteiger charge is -2.03. The third-order valence-corrected chi connectivity index (χ3v) is 3.00. The van der Waals surface area contributed by atoms with Gasteiger partial charge in [-0.05, 0) is 30.3 Å². The van der Waals surface area contributed by atoms with Gasteiger partial charge in [-0.25, -0.2) is 9.07 Å². The van der Waals surface area contributed by atoms with E-state index in [0.717, 1.165) is 0 Å². The SMILES string of the molecule is O=C(Nc1ccc(Cl)nn1)c1ccn(-c2ccccc2F)n1. The number of carbonyl (C=O) groups excluding carboxylic acids is 1. The van der Waals surface area contributed by atoms with Crippen LogP contribution < -0.4 is 5.32 Å². The molecule has 0 radical (unpaired) electrons. The summed E-state index contributed by atoms with van der Waals surface area (Å²) in [6, 6.07) is 10.6. The summed E-state index contributed by atoms with van der Waals surface area (Å²) in [7, 11) is 0. The molecule has 1 N–H and O–H groups in total. The molecule has 8 heteroatoms. The molecule has 2 aromatic heterocycles. The molecule has 0 saturated carbocycles. The second kappa shape index (κ2) is 5.90. The van der Waals surface area contributed by atoms with Crippen molar-refractivity contribution in [3.63, 3.8) is 0 Å². The first-order valence-electron chi connectivity index (χ1n) is 6.24. The van der Waals surface area contributed by atoms with Gasteiger partial charge in [0.15, 0.2) is 16.7 Å². The zero-order valence-electron chi connectivity index (χ0n) is 11.1. The van der Waals surface area contributed by atoms with Crippen LogP contribution in [0.5, 0.6) is 0 Å². The first-order valence-corrected chi connectivity index (χ1v) is 6.62. The van der Waals surface area contributed by atoms with Crippen LogP contribution >= 0.6 is 11.6 Å². The molecule has 3 rings (SSSR count). The van der Waals surface area contributed by atoms with Crippen molar-refractivity contribution in [3.8, 4) is 5.69 Å². The molecule has 3 aromatic rings. The van der Waals surface area contributed by atoms with Gasteiger partial charge in [0, 0.05) is 6.20 Å². The molecule has 0 unspecified atom stereocenters. The highest BCUT2D eigenvalue weighted by atomic mass is 35.5. The van der Waals surface area contributed by atoms with Crippen molar-refractivity contribution in [2.45, 2.75) is 0 Å². The van der Waals surface area contributed by atoms with Gasteiger partial charge in [-0.3, -0.25) is 4.79 Å². The Balaban J connectivity index is 1.80. The lowest BCUT2D eigenvalue weighted by Crippen LogP contribution is -2.14. The van der Waals surface area contributed by atoms with Crippen LogP contribution in [0.25, 0.3) is 5.69 Å². The van der Waals surface area contributed by atoms with Crippen molar-refractivity contribution in [1.82, 2.24) is 20.0 Å². The Morgan fingerprint density at radius 3 is 2.68 bits per heavy atom. The van der Waals surface area contributed by atoms with Crippen LogP contribution in [0.3, 0.4) is 0 Å². The number of para-hydroxylation sites is 1. The van der Waals surface area contributed by atoms with Crippen LogP contribution in [0, 0.1) is 5.82 Å². The van der Waals surface area contributed by atoms with E-state index in [1.54, 1.807) is 18.2 Å². The molecule has 1 amide bonds. The number of halogens is 2. The minimum Gasteiger partial charge on any atom is -0.304 e. The lowest BCUT2D eigenvalue weighted by atomic mass is 10.3. The normalized spacial score (nSPS) is 10.5. The zero-order chi connectivity index (χ0) is 15.5. The number of anilines is 1. The second-order valence-electron chi connectivity index (χ2n) is 4.29. The maximum Gasteiger partial charge on any atom is 0.277 e. The van der Waals surface area contributed by atoms with E-state index in [1.807, 2.05) is 0 Å². The van der Waals surface area contributed by atoms with Crippen LogP contribution in [-0.2, 0) is 0 Å². The molecule has 0 aliphatic heterocycles. The monoisotopic (exact) mass is 317 g/mol. The van der Waals surface area contributed by atoms with Gasteiger partial charge in [-0.15, -0.1) is 10.2 Å². The Hall–Kier alpha value is -2.80. The molecule has 110 valence electrons. The average molecular weight is 318 g/mol. The minimum absolute atomic E-state index is 0.125. The summed E-state index contributed by atoms with van der Waals surface area (Å²) >= 11 is 5.61. The van der Waals surface area contributed by atoms with E-state index in [0.29, 0.717) is 0 Å². The summed E-state index contributed by atoms with van der Waals surface area (Å²) in [5.74, 6) is -0.664. The summed E-state index contributed by atoms with van der Waals surface area (Å²) in [6.45, 7) is 0. The summed E-state index contributed by atoms with van der Waals surface area (Å²) in [4.78, 5) is 12.0. The fourth-order valence-electron chi connectivity index (χ4n) is 1.78. The van der Waals surface area contributed by atoms with Gasteiger partial charge in [0.05, 0.1) is 0 Å². The van der Waals surface area contributed by atoms with Gasteiger partial charge in [-0.1, -0.05) is 23.7 Å². The van der Waals surface area contributed by atoms with Gasteiger partial charge in [0.2, 0.25) is 0 Å². The molecule has 6 nitrogen and oxygen atoms in total. The topological polar surface area (TPSA) is 72.7 Å². The predicted molar refractivity (Wildman–Crippen MR) is 78.5 cm³/mol. The number of carbonyl (C=O) groups is 1. The highest BCUT2D eigenvalue weighted by molar-refractivity contribution is 6.29. The van der Waals surface area contributed by atoms with E-state index < -0.39 is 11.7 Å². The molecule has 0 saturated heterocycles. The number of benzene rings is 1. The van der Waals surface area contributed by atoms with Crippen molar-refractivity contribution < 1.29 is 9.18 Å². The Bertz CT molecular complexity index is 818. The molecule has 0 atom stereocenters. The summed E-state index contributed by atoms with van der Waals surface area (Å²) < 4.78 is 15.0. The van der Waals surface area contributed by atoms with Crippen LogP contribution in [-0.4, -0.2) is 25.9 Å². The standard InChI is InChI=1S/C14H9ClFN5O/c15-12-5-6-13(19-18-12)17-14(22)10-7-8-21(20-10)11-4-2-1-3-9(11)16/h1-8H,(H,17,19,22). The Morgan fingerprint density at radius 1 is 1.14 bits per heavy atom. The molecular formula is C14H9ClFN5O. The van der Waals surface area contributed by atoms with Crippen LogP contribution in [0.2, 0.25) is 5.15 Å². The molecular weight excluding hydrogens is 309 g/mol. The molecule has 1 aromatic carbocycles. The molecule has 22 heavy (non-hydrogen) atoms. The first-order chi connectivity index (χ1) is 10.6. The second-order valence-corrected chi connectivity index (χ2v) is 4.68. The number of hydrogen-bond acceptors (Lipinski definition) is 4. The quantitative estimate of drug-likeness (QED) is 0.806. The number of hydrogen-bond donors (Lipinski definition) is 1. The molecule has 0 spiro atoms. The maximum atomic E-state index is 13.7. The number of aromatic nitrogens is 4. The van der Waals surface area contributed by atoms with Gasteiger partial charge >= 0.3 is 0 Å². The van der Waals surface area contributed by atoms with Gasteiger partial charge in [0.25, 0.3) is 5.91 Å². The number of nitrogens with one attached hydrogen (secondary N) is 1. The first kappa shape index (κ1) is 14.2. The van der Waals surface area contributed by atoms with Gasteiger partial charge in [0.1, 0.15) is 11.5 Å². The zero-order valence-corrected chi connectivity index (χ0v) is 11.8. The maximum absolute atomic E-state index is 13.7. The minimum atomic E-state index is -0.480. The summed E-state index contributed by atoms with van der Waals surface area (Å²) in [5.41, 5.74) is 0.382. The largest absolute Gasteiger partial charge is 0.304 e. The smallest absolute Gasteiger partial charge is 0.277 e. The highest BCUT2D eigenvalue weighted by Gasteiger charge is 2.12. The summed E-state index contributed by atoms with van der Waals surface area (Å²) in [5, 5.41) is 14.1. The van der Waals surface area contributed by atoms with Crippen molar-refractivity contribution in [3.05, 3.63) is 65.3 Å². The van der Waals surface area contributed by atoms with Gasteiger partial charge in [-0.2, -0.15) is 5.10 Å². The predicted octanol–water partition coefficient (Wildman–Crippen LogP) is 2.71. The third-order valence-electron chi connectivity index (χ3n) is 2.79. The van der Waals surface area contributed by atoms with Crippen LogP contribution in [0.15, 0.2) is 48.7 Å². The van der Waals surface area contributed by atoms with E-state index in [4.69, 9.17) is 11.6 Å². The van der Waals surface area contributed by atoms with Crippen LogP contribution in [0.1, 0.15) is 10.5 Å². The van der Waals surface area contributed by atoms with Crippen molar-refractivity contribution in [2.24, 2.45) is 0 Å². The molecule has 2 heterocycles. The third kappa shape index (κ3) is 2.94. The molecule has 0 bridgehead atoms. The molecule has 0 aliphatic carbocycles. The number of rotatable bonds is 3. The van der Waals surface area contributed by atoms with Gasteiger partial charge < -0.3 is 5.32 Å². The number of amides is 1. The van der Waals surface area contributed by atoms with Crippen molar-refractivity contribution in [2.75, 3.05) is 5.32 Å². The van der Waals surface area contributed by atoms with E-state index >= 15 is 0 Å². The Morgan fingerprint density at radius 2 is 1.95 bits per heavy atom. The Labute approximate surface area is 129 Å². The fraction of sp³-hybridized carbons (Fsp3) is 0. The van der Waals surface area contributed by atoms with E-state index in [2.05, 4.69) is 20.6 Å². The van der Waals surface area contributed by atoms with Crippen molar-refractivity contribution in [1.29, 1.82) is 0 Å². The van der Waals surface area contributed by atoms with Crippen molar-refractivity contribution >= 4 is 23.3 Å². The lowest BCUT2D eigenvalue weighted by molar-refractivity contribution is 0.102. The fourth-order valence-corrected chi connectivity index (χ4v) is 1.88. The van der Waals surface area contributed by atoms with Crippen LogP contribution in [0.4, 0.5) is 10.2 Å². The summed E-state index contributed by atoms with van der Waals surface area (Å²) in [6.07, 6.45) is 1.50. The average Bonchev–Trinajstić information content (AvgIpc) is 3.00. The highest BCUT2D eigenvalue weighted by Crippen LogP contribution is 2.13. The van der Waals surface area contributed by atoms with E-state index in [-0.39, 0.29) is 22.4 Å². The molecule has 0 aliphatic rings. The van der Waals surface area contributed by atoms with E-state index in [9.17, 15) is 9.18 Å². The van der Waals surface area contributed by atoms with E-state index in [1.165, 1.54) is 35.1 Å². The Kier molecular flexibility index (Phi) is 3.80. The molecule has 0 fully saturated rings.